The predicted octanol–water partition coefficient (Wildman–Crippen LogP) is 3.18. The van der Waals surface area contributed by atoms with Gasteiger partial charge in [0.2, 0.25) is 0 Å². The van der Waals surface area contributed by atoms with Crippen LogP contribution in [0, 0.1) is 5.82 Å². The van der Waals surface area contributed by atoms with Gasteiger partial charge in [0, 0.05) is 11.8 Å². The van der Waals surface area contributed by atoms with E-state index in [1.54, 1.807) is 0 Å². The van der Waals surface area contributed by atoms with Crippen molar-refractivity contribution in [2.45, 2.75) is 0 Å². The van der Waals surface area contributed by atoms with Crippen molar-refractivity contribution in [2.24, 2.45) is 0 Å². The van der Waals surface area contributed by atoms with Gasteiger partial charge >= 0.3 is 6.03 Å². The molecule has 0 radical (unpaired) electrons. The molecular formula is C14H13FN2O3. The van der Waals surface area contributed by atoms with Crippen molar-refractivity contribution in [2.75, 3.05) is 17.7 Å². The van der Waals surface area contributed by atoms with Crippen molar-refractivity contribution in [3.05, 3.63) is 48.3 Å². The Balaban J connectivity index is 2.06. The molecule has 104 valence electrons. The van der Waals surface area contributed by atoms with E-state index in [0.29, 0.717) is 11.4 Å². The van der Waals surface area contributed by atoms with E-state index >= 15 is 0 Å². The molecule has 0 aliphatic carbocycles. The number of aromatic hydroxyl groups is 1. The third-order valence-electron chi connectivity index (χ3n) is 2.55. The van der Waals surface area contributed by atoms with Gasteiger partial charge < -0.3 is 20.5 Å². The van der Waals surface area contributed by atoms with E-state index in [0.717, 1.165) is 0 Å². The Morgan fingerprint density at radius 1 is 1.15 bits per heavy atom. The van der Waals surface area contributed by atoms with Gasteiger partial charge in [0.25, 0.3) is 0 Å². The number of benzene rings is 2. The van der Waals surface area contributed by atoms with Gasteiger partial charge in [0.15, 0.2) is 0 Å². The maximum absolute atomic E-state index is 13.5. The van der Waals surface area contributed by atoms with Crippen molar-refractivity contribution < 1.29 is 19.0 Å². The molecule has 0 aliphatic heterocycles. The quantitative estimate of drug-likeness (QED) is 0.754. The summed E-state index contributed by atoms with van der Waals surface area (Å²) in [6.45, 7) is 0. The largest absolute Gasteiger partial charge is 0.508 e. The van der Waals surface area contributed by atoms with Crippen LogP contribution in [0.2, 0.25) is 0 Å². The van der Waals surface area contributed by atoms with Crippen molar-refractivity contribution in [3.8, 4) is 11.5 Å². The minimum absolute atomic E-state index is 0.0145. The third-order valence-corrected chi connectivity index (χ3v) is 2.55. The van der Waals surface area contributed by atoms with Gasteiger partial charge in [0.05, 0.1) is 12.8 Å². The smallest absolute Gasteiger partial charge is 0.323 e. The molecule has 0 bridgehead atoms. The van der Waals surface area contributed by atoms with Crippen LogP contribution < -0.4 is 15.4 Å². The Bertz CT molecular complexity index is 614. The molecule has 2 aromatic rings. The first-order valence-corrected chi connectivity index (χ1v) is 5.79. The molecule has 0 saturated carbocycles. The molecule has 5 nitrogen and oxygen atoms in total. The number of ether oxygens (including phenoxy) is 1. The van der Waals surface area contributed by atoms with Crippen LogP contribution in [0.5, 0.6) is 11.5 Å². The lowest BCUT2D eigenvalue weighted by Gasteiger charge is -2.09. The number of halogens is 1. The summed E-state index contributed by atoms with van der Waals surface area (Å²) in [5.74, 6) is -0.0345. The number of amides is 2. The minimum atomic E-state index is -0.595. The summed E-state index contributed by atoms with van der Waals surface area (Å²) in [5, 5.41) is 14.0. The van der Waals surface area contributed by atoms with Crippen LogP contribution in [0.15, 0.2) is 42.5 Å². The van der Waals surface area contributed by atoms with Gasteiger partial charge in [-0.15, -0.1) is 0 Å². The van der Waals surface area contributed by atoms with Gasteiger partial charge in [-0.05, 0) is 36.4 Å². The number of nitrogens with one attached hydrogen (secondary N) is 2. The first-order chi connectivity index (χ1) is 9.58. The molecule has 20 heavy (non-hydrogen) atoms. The minimum Gasteiger partial charge on any atom is -0.508 e. The normalized spacial score (nSPS) is 9.90. The predicted molar refractivity (Wildman–Crippen MR) is 73.7 cm³/mol. The van der Waals surface area contributed by atoms with Gasteiger partial charge in [0.1, 0.15) is 17.3 Å². The molecule has 0 fully saturated rings. The second kappa shape index (κ2) is 5.92. The molecule has 0 aromatic heterocycles. The lowest BCUT2D eigenvalue weighted by atomic mass is 10.3. The van der Waals surface area contributed by atoms with Crippen LogP contribution in [0.1, 0.15) is 0 Å². The topological polar surface area (TPSA) is 70.6 Å². The first kappa shape index (κ1) is 13.7. The molecule has 2 aromatic carbocycles. The highest BCUT2D eigenvalue weighted by Crippen LogP contribution is 2.21. The zero-order chi connectivity index (χ0) is 14.5. The Hall–Kier alpha value is -2.76. The monoisotopic (exact) mass is 276 g/mol. The zero-order valence-electron chi connectivity index (χ0n) is 10.7. The summed E-state index contributed by atoms with van der Waals surface area (Å²) in [6, 6.07) is 9.36. The lowest BCUT2D eigenvalue weighted by Crippen LogP contribution is -2.20. The van der Waals surface area contributed by atoms with E-state index in [-0.39, 0.29) is 11.4 Å². The molecule has 6 heteroatoms. The van der Waals surface area contributed by atoms with Crippen molar-refractivity contribution in [1.82, 2.24) is 0 Å². The molecule has 0 spiro atoms. The molecule has 0 atom stereocenters. The van der Waals surface area contributed by atoms with Crippen molar-refractivity contribution in [3.63, 3.8) is 0 Å². The molecule has 0 heterocycles. The van der Waals surface area contributed by atoms with Crippen LogP contribution in [0.25, 0.3) is 0 Å². The number of phenolic OH excluding ortho intramolecular Hbond substituents is 1. The molecule has 3 N–H and O–H groups in total. The maximum atomic E-state index is 13.5. The second-order valence-electron chi connectivity index (χ2n) is 3.97. The zero-order valence-corrected chi connectivity index (χ0v) is 10.7. The van der Waals surface area contributed by atoms with E-state index < -0.39 is 11.8 Å². The number of rotatable bonds is 3. The van der Waals surface area contributed by atoms with Gasteiger partial charge in [-0.25, -0.2) is 9.18 Å². The fraction of sp³-hybridized carbons (Fsp3) is 0.0714. The summed E-state index contributed by atoms with van der Waals surface area (Å²) >= 11 is 0. The van der Waals surface area contributed by atoms with E-state index in [4.69, 9.17) is 9.84 Å². The third kappa shape index (κ3) is 3.38. The lowest BCUT2D eigenvalue weighted by molar-refractivity contribution is 0.262. The first-order valence-electron chi connectivity index (χ1n) is 5.79. The molecule has 0 saturated heterocycles. The number of urea groups is 1. The summed E-state index contributed by atoms with van der Waals surface area (Å²) in [4.78, 5) is 11.7. The SMILES string of the molecule is COc1ccc(F)c(NC(=O)Nc2ccc(O)cc2)c1. The Labute approximate surface area is 115 Å². The summed E-state index contributed by atoms with van der Waals surface area (Å²) in [6.07, 6.45) is 0. The Kier molecular flexibility index (Phi) is 4.05. The molecule has 2 rings (SSSR count). The van der Waals surface area contributed by atoms with Crippen molar-refractivity contribution in [1.29, 1.82) is 0 Å². The fourth-order valence-corrected chi connectivity index (χ4v) is 1.56. The van der Waals surface area contributed by atoms with E-state index in [2.05, 4.69) is 10.6 Å². The fourth-order valence-electron chi connectivity index (χ4n) is 1.56. The van der Waals surface area contributed by atoms with Crippen LogP contribution in [0.4, 0.5) is 20.6 Å². The molecular weight excluding hydrogens is 263 g/mol. The summed E-state index contributed by atoms with van der Waals surface area (Å²) in [7, 11) is 1.45. The van der Waals surface area contributed by atoms with Gasteiger partial charge in [-0.1, -0.05) is 0 Å². The average Bonchev–Trinajstić information content (AvgIpc) is 2.44. The van der Waals surface area contributed by atoms with Crippen LogP contribution in [0.3, 0.4) is 0 Å². The molecule has 0 aliphatic rings. The van der Waals surface area contributed by atoms with E-state index in [1.165, 1.54) is 49.6 Å². The standard InChI is InChI=1S/C14H13FN2O3/c1-20-11-6-7-12(15)13(8-11)17-14(19)16-9-2-4-10(18)5-3-9/h2-8,18H,1H3,(H2,16,17,19). The Morgan fingerprint density at radius 2 is 1.85 bits per heavy atom. The van der Waals surface area contributed by atoms with E-state index in [9.17, 15) is 9.18 Å². The van der Waals surface area contributed by atoms with Crippen LogP contribution in [-0.4, -0.2) is 18.2 Å². The highest BCUT2D eigenvalue weighted by atomic mass is 19.1. The average molecular weight is 276 g/mol. The molecule has 0 unspecified atom stereocenters. The summed E-state index contributed by atoms with van der Waals surface area (Å²) < 4.78 is 18.5. The number of phenols is 1. The van der Waals surface area contributed by atoms with Crippen LogP contribution >= 0.6 is 0 Å². The van der Waals surface area contributed by atoms with Crippen molar-refractivity contribution >= 4 is 17.4 Å². The van der Waals surface area contributed by atoms with Gasteiger partial charge in [-0.2, -0.15) is 0 Å². The number of methoxy groups -OCH3 is 1. The number of anilines is 2. The van der Waals surface area contributed by atoms with E-state index in [1.807, 2.05) is 0 Å². The number of carbonyl (C=O) groups is 1. The van der Waals surface area contributed by atoms with Crippen LogP contribution in [-0.2, 0) is 0 Å². The second-order valence-corrected chi connectivity index (χ2v) is 3.97. The Morgan fingerprint density at radius 3 is 2.50 bits per heavy atom. The van der Waals surface area contributed by atoms with Gasteiger partial charge in [-0.3, -0.25) is 0 Å². The highest BCUT2D eigenvalue weighted by Gasteiger charge is 2.08. The number of hydrogen-bond acceptors (Lipinski definition) is 3. The maximum Gasteiger partial charge on any atom is 0.323 e. The summed E-state index contributed by atoms with van der Waals surface area (Å²) in [5.41, 5.74) is 0.490. The number of hydrogen-bond donors (Lipinski definition) is 3. The highest BCUT2D eigenvalue weighted by molar-refractivity contribution is 5.99. The number of carbonyl (C=O) groups excluding carboxylic acids is 1. The molecule has 2 amide bonds.